The summed E-state index contributed by atoms with van der Waals surface area (Å²) in [7, 11) is 1.65. The van der Waals surface area contributed by atoms with E-state index in [1.54, 1.807) is 7.11 Å². The van der Waals surface area contributed by atoms with Crippen LogP contribution in [0.25, 0.3) is 10.9 Å². The topological polar surface area (TPSA) is 31.4 Å². The van der Waals surface area contributed by atoms with Crippen LogP contribution in [0.3, 0.4) is 0 Å². The SMILES string of the molecule is COc1cc(C)c2ccc3c(c2n1)CC(C)O3. The Bertz CT molecular complexity index is 592. The number of nitrogens with zero attached hydrogens (tertiary/aromatic N) is 1. The molecule has 3 nitrogen and oxygen atoms in total. The molecule has 1 unspecified atom stereocenters. The number of rotatable bonds is 1. The number of ether oxygens (including phenoxy) is 2. The summed E-state index contributed by atoms with van der Waals surface area (Å²) in [4.78, 5) is 4.56. The van der Waals surface area contributed by atoms with Gasteiger partial charge in [0.25, 0.3) is 0 Å². The number of benzene rings is 1. The Hall–Kier alpha value is -1.77. The number of aromatic nitrogens is 1. The fourth-order valence-corrected chi connectivity index (χ4v) is 2.43. The molecule has 3 rings (SSSR count). The van der Waals surface area contributed by atoms with Gasteiger partial charge in [-0.05, 0) is 31.5 Å². The standard InChI is InChI=1S/C14H15NO2/c1-8-6-13(16-3)15-14-10(8)4-5-12-11(14)7-9(2)17-12/h4-6,9H,7H2,1-3H3. The molecule has 1 aliphatic heterocycles. The highest BCUT2D eigenvalue weighted by molar-refractivity contribution is 5.88. The first-order valence-corrected chi connectivity index (χ1v) is 5.83. The lowest BCUT2D eigenvalue weighted by Gasteiger charge is -2.08. The van der Waals surface area contributed by atoms with E-state index in [1.165, 1.54) is 16.5 Å². The molecule has 2 heterocycles. The predicted octanol–water partition coefficient (Wildman–Crippen LogP) is 2.88. The van der Waals surface area contributed by atoms with Gasteiger partial charge >= 0.3 is 0 Å². The van der Waals surface area contributed by atoms with Crippen molar-refractivity contribution in [3.05, 3.63) is 29.3 Å². The van der Waals surface area contributed by atoms with E-state index in [0.717, 1.165) is 17.7 Å². The fraction of sp³-hybridized carbons (Fsp3) is 0.357. The van der Waals surface area contributed by atoms with Crippen molar-refractivity contribution in [1.82, 2.24) is 4.98 Å². The highest BCUT2D eigenvalue weighted by atomic mass is 16.5. The Morgan fingerprint density at radius 2 is 2.24 bits per heavy atom. The lowest BCUT2D eigenvalue weighted by molar-refractivity contribution is 0.254. The average molecular weight is 229 g/mol. The average Bonchev–Trinajstić information content (AvgIpc) is 2.69. The van der Waals surface area contributed by atoms with E-state index in [-0.39, 0.29) is 6.10 Å². The number of pyridine rings is 1. The summed E-state index contributed by atoms with van der Waals surface area (Å²) in [6.07, 6.45) is 1.16. The van der Waals surface area contributed by atoms with Crippen LogP contribution < -0.4 is 9.47 Å². The summed E-state index contributed by atoms with van der Waals surface area (Å²) < 4.78 is 11.0. The highest BCUT2D eigenvalue weighted by Gasteiger charge is 2.22. The molecular weight excluding hydrogens is 214 g/mol. The molecule has 0 radical (unpaired) electrons. The molecule has 0 bridgehead atoms. The van der Waals surface area contributed by atoms with Gasteiger partial charge in [-0.3, -0.25) is 0 Å². The number of fused-ring (bicyclic) bond motifs is 3. The second-order valence-corrected chi connectivity index (χ2v) is 4.55. The summed E-state index contributed by atoms with van der Waals surface area (Å²) >= 11 is 0. The van der Waals surface area contributed by atoms with Gasteiger partial charge in [-0.15, -0.1) is 0 Å². The van der Waals surface area contributed by atoms with Crippen LogP contribution in [0.1, 0.15) is 18.1 Å². The van der Waals surface area contributed by atoms with E-state index in [0.29, 0.717) is 5.88 Å². The molecule has 0 spiro atoms. The normalized spacial score (nSPS) is 17.9. The quantitative estimate of drug-likeness (QED) is 0.753. The minimum Gasteiger partial charge on any atom is -0.490 e. The van der Waals surface area contributed by atoms with Crippen molar-refractivity contribution in [1.29, 1.82) is 0 Å². The molecule has 0 fully saturated rings. The van der Waals surface area contributed by atoms with Gasteiger partial charge in [0.1, 0.15) is 11.9 Å². The van der Waals surface area contributed by atoms with Gasteiger partial charge in [0, 0.05) is 23.4 Å². The van der Waals surface area contributed by atoms with Crippen LogP contribution in [0, 0.1) is 6.92 Å². The summed E-state index contributed by atoms with van der Waals surface area (Å²) in [6, 6.07) is 6.09. The molecule has 1 atom stereocenters. The van der Waals surface area contributed by atoms with Crippen LogP contribution in [-0.4, -0.2) is 18.2 Å². The molecule has 88 valence electrons. The minimum atomic E-state index is 0.240. The largest absolute Gasteiger partial charge is 0.490 e. The van der Waals surface area contributed by atoms with Crippen molar-refractivity contribution in [3.63, 3.8) is 0 Å². The highest BCUT2D eigenvalue weighted by Crippen LogP contribution is 2.36. The van der Waals surface area contributed by atoms with Crippen LogP contribution in [0.5, 0.6) is 11.6 Å². The van der Waals surface area contributed by atoms with Crippen molar-refractivity contribution in [2.45, 2.75) is 26.4 Å². The second kappa shape index (κ2) is 3.62. The molecule has 3 heteroatoms. The third-order valence-corrected chi connectivity index (χ3v) is 3.26. The van der Waals surface area contributed by atoms with E-state index in [2.05, 4.69) is 24.9 Å². The summed E-state index contributed by atoms with van der Waals surface area (Å²) in [5, 5.41) is 1.18. The number of methoxy groups -OCH3 is 1. The lowest BCUT2D eigenvalue weighted by Crippen LogP contribution is -2.05. The van der Waals surface area contributed by atoms with Crippen molar-refractivity contribution in [2.24, 2.45) is 0 Å². The molecule has 1 aliphatic rings. The predicted molar refractivity (Wildman–Crippen MR) is 66.8 cm³/mol. The molecule has 0 saturated heterocycles. The van der Waals surface area contributed by atoms with Gasteiger partial charge in [-0.2, -0.15) is 0 Å². The third-order valence-electron chi connectivity index (χ3n) is 3.26. The van der Waals surface area contributed by atoms with Crippen LogP contribution in [0.2, 0.25) is 0 Å². The Balaban J connectivity index is 2.32. The van der Waals surface area contributed by atoms with Gasteiger partial charge in [0.15, 0.2) is 0 Å². The summed E-state index contributed by atoms with van der Waals surface area (Å²) in [5.74, 6) is 1.63. The molecule has 17 heavy (non-hydrogen) atoms. The summed E-state index contributed by atoms with van der Waals surface area (Å²) in [5.41, 5.74) is 3.41. The van der Waals surface area contributed by atoms with Crippen LogP contribution in [-0.2, 0) is 6.42 Å². The minimum absolute atomic E-state index is 0.240. The van der Waals surface area contributed by atoms with E-state index < -0.39 is 0 Å². The van der Waals surface area contributed by atoms with E-state index >= 15 is 0 Å². The fourth-order valence-electron chi connectivity index (χ4n) is 2.43. The Morgan fingerprint density at radius 1 is 1.41 bits per heavy atom. The maximum atomic E-state index is 5.75. The third kappa shape index (κ3) is 1.54. The van der Waals surface area contributed by atoms with Crippen molar-refractivity contribution in [3.8, 4) is 11.6 Å². The molecule has 1 aromatic heterocycles. The first kappa shape index (κ1) is 10.4. The van der Waals surface area contributed by atoms with Crippen LogP contribution in [0.15, 0.2) is 18.2 Å². The summed E-state index contributed by atoms with van der Waals surface area (Å²) in [6.45, 7) is 4.16. The smallest absolute Gasteiger partial charge is 0.213 e. The molecule has 1 aromatic carbocycles. The van der Waals surface area contributed by atoms with Crippen molar-refractivity contribution >= 4 is 10.9 Å². The first-order chi connectivity index (χ1) is 8.19. The molecule has 2 aromatic rings. The zero-order valence-electron chi connectivity index (χ0n) is 10.3. The lowest BCUT2D eigenvalue weighted by atomic mass is 10.0. The maximum Gasteiger partial charge on any atom is 0.213 e. The van der Waals surface area contributed by atoms with Crippen molar-refractivity contribution in [2.75, 3.05) is 7.11 Å². The van der Waals surface area contributed by atoms with E-state index in [4.69, 9.17) is 9.47 Å². The number of hydrogen-bond donors (Lipinski definition) is 0. The molecular formula is C14H15NO2. The Morgan fingerprint density at radius 3 is 3.00 bits per heavy atom. The van der Waals surface area contributed by atoms with E-state index in [9.17, 15) is 0 Å². The van der Waals surface area contributed by atoms with Gasteiger partial charge in [-0.25, -0.2) is 4.98 Å². The Labute approximate surface area is 100 Å². The van der Waals surface area contributed by atoms with Gasteiger partial charge in [0.05, 0.1) is 12.6 Å². The van der Waals surface area contributed by atoms with Crippen LogP contribution >= 0.6 is 0 Å². The molecule has 0 N–H and O–H groups in total. The first-order valence-electron chi connectivity index (χ1n) is 5.83. The van der Waals surface area contributed by atoms with Crippen molar-refractivity contribution < 1.29 is 9.47 Å². The van der Waals surface area contributed by atoms with Gasteiger partial charge < -0.3 is 9.47 Å². The van der Waals surface area contributed by atoms with E-state index in [1.807, 2.05) is 12.1 Å². The number of hydrogen-bond acceptors (Lipinski definition) is 3. The van der Waals surface area contributed by atoms with Gasteiger partial charge in [0.2, 0.25) is 5.88 Å². The zero-order valence-corrected chi connectivity index (χ0v) is 10.3. The monoisotopic (exact) mass is 229 g/mol. The van der Waals surface area contributed by atoms with Gasteiger partial charge in [-0.1, -0.05) is 0 Å². The molecule has 0 saturated carbocycles. The molecule has 0 amide bonds. The molecule has 0 aliphatic carbocycles. The Kier molecular flexibility index (Phi) is 2.21. The number of aryl methyl sites for hydroxylation is 1. The maximum absolute atomic E-state index is 5.75. The second-order valence-electron chi connectivity index (χ2n) is 4.55. The zero-order chi connectivity index (χ0) is 12.0. The van der Waals surface area contributed by atoms with Crippen LogP contribution in [0.4, 0.5) is 0 Å².